The van der Waals surface area contributed by atoms with E-state index >= 15 is 0 Å². The van der Waals surface area contributed by atoms with E-state index < -0.39 is 0 Å². The molecule has 0 aliphatic heterocycles. The number of aryl methyl sites for hydroxylation is 2. The molecule has 0 aliphatic rings. The number of nitrogens with one attached hydrogen (secondary N) is 2. The van der Waals surface area contributed by atoms with Crippen LogP contribution >= 0.6 is 11.6 Å². The Labute approximate surface area is 168 Å². The molecule has 7 heteroatoms. The highest BCUT2D eigenvalue weighted by Gasteiger charge is 2.14. The Bertz CT molecular complexity index is 1060. The fourth-order valence-electron chi connectivity index (χ4n) is 3.12. The Balaban J connectivity index is 1.74. The Morgan fingerprint density at radius 1 is 1.21 bits per heavy atom. The number of carbonyl (C=O) groups is 1. The molecule has 0 saturated carbocycles. The van der Waals surface area contributed by atoms with E-state index in [2.05, 4.69) is 15.3 Å². The molecule has 0 bridgehead atoms. The number of benzene rings is 2. The van der Waals surface area contributed by atoms with Crippen LogP contribution in [0.2, 0.25) is 5.02 Å². The van der Waals surface area contributed by atoms with Crippen molar-refractivity contribution < 1.29 is 4.79 Å². The normalized spacial score (nSPS) is 11.2. The number of likely N-dealkylation sites (N-methyl/N-ethyl adjacent to an activating group) is 1. The van der Waals surface area contributed by atoms with Crippen LogP contribution in [0, 0.1) is 13.8 Å². The van der Waals surface area contributed by atoms with Gasteiger partial charge in [0.25, 0.3) is 5.56 Å². The second kappa shape index (κ2) is 8.54. The number of halogens is 1. The number of para-hydroxylation sites is 1. The minimum atomic E-state index is -0.215. The van der Waals surface area contributed by atoms with Crippen molar-refractivity contribution in [1.82, 2.24) is 14.9 Å². The number of amides is 1. The van der Waals surface area contributed by atoms with Crippen molar-refractivity contribution in [3.63, 3.8) is 0 Å². The van der Waals surface area contributed by atoms with E-state index in [1.54, 1.807) is 18.2 Å². The average Bonchev–Trinajstić information content (AvgIpc) is 2.64. The predicted molar refractivity (Wildman–Crippen MR) is 113 cm³/mol. The molecule has 1 amide bonds. The number of anilines is 1. The maximum atomic E-state index is 12.5. The number of nitrogens with zero attached hydrogens (tertiary/aromatic N) is 2. The third-order valence-electron chi connectivity index (χ3n) is 4.65. The lowest BCUT2D eigenvalue weighted by Gasteiger charge is -2.20. The zero-order chi connectivity index (χ0) is 20.3. The maximum Gasteiger partial charge on any atom is 0.258 e. The molecule has 0 fully saturated rings. The summed E-state index contributed by atoms with van der Waals surface area (Å²) in [4.78, 5) is 34.0. The van der Waals surface area contributed by atoms with Gasteiger partial charge in [0.15, 0.2) is 0 Å². The van der Waals surface area contributed by atoms with Crippen LogP contribution in [-0.4, -0.2) is 33.9 Å². The van der Waals surface area contributed by atoms with Gasteiger partial charge < -0.3 is 10.3 Å². The largest absolute Gasteiger partial charge is 0.324 e. The molecule has 28 heavy (non-hydrogen) atoms. The van der Waals surface area contributed by atoms with Crippen molar-refractivity contribution in [2.45, 2.75) is 27.3 Å². The molecule has 0 spiro atoms. The van der Waals surface area contributed by atoms with Gasteiger partial charge in [-0.2, -0.15) is 0 Å². The van der Waals surface area contributed by atoms with Crippen LogP contribution in [-0.2, 0) is 11.3 Å². The Morgan fingerprint density at radius 2 is 1.93 bits per heavy atom. The van der Waals surface area contributed by atoms with Crippen molar-refractivity contribution in [1.29, 1.82) is 0 Å². The molecular weight excluding hydrogens is 376 g/mol. The number of aromatic nitrogens is 2. The highest BCUT2D eigenvalue weighted by Crippen LogP contribution is 2.19. The van der Waals surface area contributed by atoms with Gasteiger partial charge >= 0.3 is 0 Å². The maximum absolute atomic E-state index is 12.5. The van der Waals surface area contributed by atoms with E-state index in [1.165, 1.54) is 0 Å². The van der Waals surface area contributed by atoms with Gasteiger partial charge in [0.2, 0.25) is 5.91 Å². The molecule has 3 aromatic rings. The van der Waals surface area contributed by atoms with Gasteiger partial charge in [-0.15, -0.1) is 0 Å². The zero-order valence-electron chi connectivity index (χ0n) is 16.2. The number of rotatable bonds is 6. The van der Waals surface area contributed by atoms with Gasteiger partial charge in [0.1, 0.15) is 5.82 Å². The summed E-state index contributed by atoms with van der Waals surface area (Å²) in [6, 6.07) is 10.9. The summed E-state index contributed by atoms with van der Waals surface area (Å²) in [5.74, 6) is 0.395. The smallest absolute Gasteiger partial charge is 0.258 e. The third kappa shape index (κ3) is 4.58. The SMILES string of the molecule is CCN(CC(=O)Nc1c(C)cccc1C)Cc1nc2cc(Cl)ccc2c(=O)[nH]1. The molecule has 1 heterocycles. The monoisotopic (exact) mass is 398 g/mol. The summed E-state index contributed by atoms with van der Waals surface area (Å²) in [6.45, 7) is 7.08. The van der Waals surface area contributed by atoms with Gasteiger partial charge in [-0.3, -0.25) is 14.5 Å². The van der Waals surface area contributed by atoms with Crippen LogP contribution < -0.4 is 10.9 Å². The summed E-state index contributed by atoms with van der Waals surface area (Å²) in [6.07, 6.45) is 0. The van der Waals surface area contributed by atoms with E-state index in [1.807, 2.05) is 43.9 Å². The number of carbonyl (C=O) groups excluding carboxylic acids is 1. The molecule has 2 N–H and O–H groups in total. The highest BCUT2D eigenvalue weighted by atomic mass is 35.5. The standard InChI is InChI=1S/C21H23ClN4O2/c1-4-26(12-19(27)25-20-13(2)6-5-7-14(20)3)11-18-23-17-10-15(22)8-9-16(17)21(28)24-18/h5-10H,4,11-12H2,1-3H3,(H,25,27)(H,23,24,28). The van der Waals surface area contributed by atoms with Crippen LogP contribution in [0.4, 0.5) is 5.69 Å². The first kappa shape index (κ1) is 20.0. The molecule has 146 valence electrons. The van der Waals surface area contributed by atoms with Crippen LogP contribution in [0.3, 0.4) is 0 Å². The molecular formula is C21H23ClN4O2. The minimum Gasteiger partial charge on any atom is -0.324 e. The molecule has 6 nitrogen and oxygen atoms in total. The summed E-state index contributed by atoms with van der Waals surface area (Å²) in [7, 11) is 0. The first-order chi connectivity index (χ1) is 13.4. The van der Waals surface area contributed by atoms with Gasteiger partial charge in [-0.05, 0) is 49.7 Å². The van der Waals surface area contributed by atoms with Crippen molar-refractivity contribution in [3.05, 3.63) is 68.7 Å². The Morgan fingerprint density at radius 3 is 2.61 bits per heavy atom. The van der Waals surface area contributed by atoms with E-state index in [0.29, 0.717) is 34.8 Å². The van der Waals surface area contributed by atoms with Crippen molar-refractivity contribution in [2.75, 3.05) is 18.4 Å². The molecule has 0 aliphatic carbocycles. The van der Waals surface area contributed by atoms with Gasteiger partial charge in [-0.1, -0.05) is 36.7 Å². The van der Waals surface area contributed by atoms with Crippen molar-refractivity contribution >= 4 is 34.1 Å². The summed E-state index contributed by atoms with van der Waals surface area (Å²) in [5.41, 5.74) is 3.22. The molecule has 0 radical (unpaired) electrons. The van der Waals surface area contributed by atoms with E-state index in [4.69, 9.17) is 11.6 Å². The third-order valence-corrected chi connectivity index (χ3v) is 4.89. The number of fused-ring (bicyclic) bond motifs is 1. The Kier molecular flexibility index (Phi) is 6.11. The van der Waals surface area contributed by atoms with E-state index in [9.17, 15) is 9.59 Å². The van der Waals surface area contributed by atoms with Gasteiger partial charge in [0.05, 0.1) is 24.0 Å². The summed E-state index contributed by atoms with van der Waals surface area (Å²) >= 11 is 6.01. The highest BCUT2D eigenvalue weighted by molar-refractivity contribution is 6.31. The van der Waals surface area contributed by atoms with Crippen LogP contribution in [0.15, 0.2) is 41.2 Å². The summed E-state index contributed by atoms with van der Waals surface area (Å²) in [5, 5.41) is 4.00. The fraction of sp³-hybridized carbons (Fsp3) is 0.286. The predicted octanol–water partition coefficient (Wildman–Crippen LogP) is 3.65. The summed E-state index contributed by atoms with van der Waals surface area (Å²) < 4.78 is 0. The zero-order valence-corrected chi connectivity index (χ0v) is 16.9. The first-order valence-electron chi connectivity index (χ1n) is 9.14. The topological polar surface area (TPSA) is 78.1 Å². The Hall–Kier alpha value is -2.70. The second-order valence-corrected chi connectivity index (χ2v) is 7.23. The molecule has 2 aromatic carbocycles. The van der Waals surface area contributed by atoms with Crippen LogP contribution in [0.5, 0.6) is 0 Å². The molecule has 3 rings (SSSR count). The lowest BCUT2D eigenvalue weighted by Crippen LogP contribution is -2.34. The number of H-pyrrole nitrogens is 1. The lowest BCUT2D eigenvalue weighted by atomic mass is 10.1. The number of hydrogen-bond acceptors (Lipinski definition) is 4. The number of hydrogen-bond donors (Lipinski definition) is 2. The molecule has 1 aromatic heterocycles. The fourth-order valence-corrected chi connectivity index (χ4v) is 3.29. The van der Waals surface area contributed by atoms with Crippen molar-refractivity contribution in [3.8, 4) is 0 Å². The van der Waals surface area contributed by atoms with E-state index in [0.717, 1.165) is 16.8 Å². The van der Waals surface area contributed by atoms with Gasteiger partial charge in [-0.25, -0.2) is 4.98 Å². The lowest BCUT2D eigenvalue weighted by molar-refractivity contribution is -0.117. The average molecular weight is 399 g/mol. The molecule has 0 saturated heterocycles. The minimum absolute atomic E-state index is 0.106. The second-order valence-electron chi connectivity index (χ2n) is 6.79. The number of aromatic amines is 1. The molecule has 0 atom stereocenters. The quantitative estimate of drug-likeness (QED) is 0.664. The van der Waals surface area contributed by atoms with E-state index in [-0.39, 0.29) is 18.0 Å². The van der Waals surface area contributed by atoms with Gasteiger partial charge in [0, 0.05) is 10.7 Å². The molecule has 0 unspecified atom stereocenters. The van der Waals surface area contributed by atoms with Crippen LogP contribution in [0.25, 0.3) is 10.9 Å². The first-order valence-corrected chi connectivity index (χ1v) is 9.52. The van der Waals surface area contributed by atoms with Crippen LogP contribution in [0.1, 0.15) is 23.9 Å². The van der Waals surface area contributed by atoms with Crippen molar-refractivity contribution in [2.24, 2.45) is 0 Å².